The Kier molecular flexibility index (Phi) is 4.58. The Morgan fingerprint density at radius 3 is 2.95 bits per heavy atom. The number of hydrogen-bond donors (Lipinski definition) is 1. The Hall–Kier alpha value is -1.36. The first-order valence-electron chi connectivity index (χ1n) is 6.94. The van der Waals surface area contributed by atoms with Gasteiger partial charge >= 0.3 is 5.97 Å². The number of rotatable bonds is 6. The van der Waals surface area contributed by atoms with Crippen molar-refractivity contribution in [1.82, 2.24) is 9.78 Å². The first kappa shape index (κ1) is 14.1. The van der Waals surface area contributed by atoms with Crippen molar-refractivity contribution in [3.8, 4) is 0 Å². The summed E-state index contributed by atoms with van der Waals surface area (Å²) in [5, 5.41) is 13.3. The molecule has 5 nitrogen and oxygen atoms in total. The molecule has 1 unspecified atom stereocenters. The van der Waals surface area contributed by atoms with Crippen LogP contribution in [-0.2, 0) is 22.5 Å². The summed E-state index contributed by atoms with van der Waals surface area (Å²) in [6.07, 6.45) is 4.90. The Bertz CT molecular complexity index is 448. The van der Waals surface area contributed by atoms with E-state index in [1.807, 2.05) is 18.5 Å². The van der Waals surface area contributed by atoms with Gasteiger partial charge in [0, 0.05) is 24.4 Å². The van der Waals surface area contributed by atoms with Crippen LogP contribution in [0.5, 0.6) is 0 Å². The molecule has 106 valence electrons. The second-order valence-electron chi connectivity index (χ2n) is 5.22. The van der Waals surface area contributed by atoms with E-state index < -0.39 is 5.97 Å². The summed E-state index contributed by atoms with van der Waals surface area (Å²) < 4.78 is 7.53. The molecule has 1 saturated heterocycles. The van der Waals surface area contributed by atoms with Crippen LogP contribution in [0.15, 0.2) is 0 Å². The number of nitrogens with zero attached hydrogens (tertiary/aromatic N) is 2. The van der Waals surface area contributed by atoms with Crippen LogP contribution in [0.2, 0.25) is 0 Å². The van der Waals surface area contributed by atoms with E-state index in [0.29, 0.717) is 6.10 Å². The number of carboxylic acids is 1. The normalized spacial score (nSPS) is 18.9. The minimum atomic E-state index is -0.801. The first-order chi connectivity index (χ1) is 9.08. The fourth-order valence-corrected chi connectivity index (χ4v) is 2.70. The Morgan fingerprint density at radius 2 is 2.32 bits per heavy atom. The van der Waals surface area contributed by atoms with E-state index in [2.05, 4.69) is 5.10 Å². The highest BCUT2D eigenvalue weighted by Gasteiger charge is 2.17. The van der Waals surface area contributed by atoms with E-state index in [-0.39, 0.29) is 6.42 Å². The number of aryl methyl sites for hydroxylation is 2. The molecule has 0 aromatic carbocycles. The minimum Gasteiger partial charge on any atom is -0.481 e. The molecule has 1 aromatic rings. The van der Waals surface area contributed by atoms with Crippen LogP contribution >= 0.6 is 0 Å². The zero-order chi connectivity index (χ0) is 13.8. The monoisotopic (exact) mass is 266 g/mol. The van der Waals surface area contributed by atoms with Crippen molar-refractivity contribution in [2.45, 2.75) is 58.6 Å². The van der Waals surface area contributed by atoms with E-state index in [4.69, 9.17) is 9.84 Å². The summed E-state index contributed by atoms with van der Waals surface area (Å²) in [5.41, 5.74) is 2.66. The van der Waals surface area contributed by atoms with Gasteiger partial charge < -0.3 is 9.84 Å². The number of carbonyl (C=O) groups is 1. The Morgan fingerprint density at radius 1 is 1.53 bits per heavy atom. The Balaban J connectivity index is 1.90. The van der Waals surface area contributed by atoms with Crippen LogP contribution in [0, 0.1) is 13.8 Å². The SMILES string of the molecule is Cc1nn(CCCC2CCCO2)c(C)c1CC(=O)O. The van der Waals surface area contributed by atoms with Crippen LogP contribution in [0.25, 0.3) is 0 Å². The van der Waals surface area contributed by atoms with Crippen LogP contribution in [0.3, 0.4) is 0 Å². The summed E-state index contributed by atoms with van der Waals surface area (Å²) in [6.45, 7) is 5.56. The van der Waals surface area contributed by atoms with Gasteiger partial charge in [0.1, 0.15) is 0 Å². The second kappa shape index (κ2) is 6.19. The molecule has 5 heteroatoms. The lowest BCUT2D eigenvalue weighted by atomic mass is 10.1. The lowest BCUT2D eigenvalue weighted by Crippen LogP contribution is -2.09. The van der Waals surface area contributed by atoms with Crippen molar-refractivity contribution in [1.29, 1.82) is 0 Å². The van der Waals surface area contributed by atoms with Crippen LogP contribution in [0.1, 0.15) is 42.6 Å². The second-order valence-corrected chi connectivity index (χ2v) is 5.22. The van der Waals surface area contributed by atoms with Gasteiger partial charge in [-0.05, 0) is 39.5 Å². The summed E-state index contributed by atoms with van der Waals surface area (Å²) in [6, 6.07) is 0. The van der Waals surface area contributed by atoms with Gasteiger partial charge in [0.25, 0.3) is 0 Å². The molecular formula is C14H22N2O3. The highest BCUT2D eigenvalue weighted by atomic mass is 16.5. The average molecular weight is 266 g/mol. The maximum Gasteiger partial charge on any atom is 0.307 e. The van der Waals surface area contributed by atoms with Crippen molar-refractivity contribution >= 4 is 5.97 Å². The molecular weight excluding hydrogens is 244 g/mol. The van der Waals surface area contributed by atoms with Crippen LogP contribution < -0.4 is 0 Å². The molecule has 0 spiro atoms. The molecule has 1 fully saturated rings. The number of carboxylic acid groups (broad SMARTS) is 1. The standard InChI is InChI=1S/C14H22N2O3/c1-10-13(9-14(17)18)11(2)16(15-10)7-3-5-12-6-4-8-19-12/h12H,3-9H2,1-2H3,(H,17,18). The van der Waals surface area contributed by atoms with Crippen molar-refractivity contribution in [2.75, 3.05) is 6.61 Å². The van der Waals surface area contributed by atoms with Crippen molar-refractivity contribution in [3.63, 3.8) is 0 Å². The summed E-state index contributed by atoms with van der Waals surface area (Å²) in [5.74, 6) is -0.801. The molecule has 0 bridgehead atoms. The van der Waals surface area contributed by atoms with Crippen molar-refractivity contribution in [2.24, 2.45) is 0 Å². The Labute approximate surface area is 113 Å². The molecule has 1 aromatic heterocycles. The van der Waals surface area contributed by atoms with Gasteiger partial charge in [-0.25, -0.2) is 0 Å². The van der Waals surface area contributed by atoms with Crippen molar-refractivity contribution in [3.05, 3.63) is 17.0 Å². The summed E-state index contributed by atoms with van der Waals surface area (Å²) in [7, 11) is 0. The lowest BCUT2D eigenvalue weighted by Gasteiger charge is -2.09. The maximum atomic E-state index is 10.8. The van der Waals surface area contributed by atoms with Gasteiger partial charge in [0.05, 0.1) is 18.2 Å². The van der Waals surface area contributed by atoms with Crippen LogP contribution in [0.4, 0.5) is 0 Å². The molecule has 1 aliphatic rings. The third-order valence-electron chi connectivity index (χ3n) is 3.78. The van der Waals surface area contributed by atoms with E-state index in [1.54, 1.807) is 0 Å². The topological polar surface area (TPSA) is 64.4 Å². The summed E-state index contributed by atoms with van der Waals surface area (Å²) in [4.78, 5) is 10.8. The molecule has 19 heavy (non-hydrogen) atoms. The van der Waals surface area contributed by atoms with E-state index in [1.165, 1.54) is 12.8 Å². The molecule has 2 heterocycles. The average Bonchev–Trinajstić information content (AvgIpc) is 2.94. The molecule has 1 atom stereocenters. The van der Waals surface area contributed by atoms with Crippen LogP contribution in [-0.4, -0.2) is 33.6 Å². The quantitative estimate of drug-likeness (QED) is 0.856. The maximum absolute atomic E-state index is 10.8. The minimum absolute atomic E-state index is 0.0589. The van der Waals surface area contributed by atoms with Gasteiger partial charge in [0.15, 0.2) is 0 Å². The third-order valence-corrected chi connectivity index (χ3v) is 3.78. The van der Waals surface area contributed by atoms with Gasteiger partial charge in [-0.2, -0.15) is 5.10 Å². The smallest absolute Gasteiger partial charge is 0.307 e. The third kappa shape index (κ3) is 3.56. The zero-order valence-corrected chi connectivity index (χ0v) is 11.7. The van der Waals surface area contributed by atoms with E-state index in [0.717, 1.165) is 42.9 Å². The zero-order valence-electron chi connectivity index (χ0n) is 11.7. The molecule has 0 aliphatic carbocycles. The molecule has 0 saturated carbocycles. The van der Waals surface area contributed by atoms with E-state index in [9.17, 15) is 4.79 Å². The predicted octanol–water partition coefficient (Wildman–Crippen LogP) is 2.09. The lowest BCUT2D eigenvalue weighted by molar-refractivity contribution is -0.136. The number of ether oxygens (including phenoxy) is 1. The fourth-order valence-electron chi connectivity index (χ4n) is 2.70. The van der Waals surface area contributed by atoms with E-state index >= 15 is 0 Å². The molecule has 1 N–H and O–H groups in total. The first-order valence-corrected chi connectivity index (χ1v) is 6.94. The number of hydrogen-bond acceptors (Lipinski definition) is 3. The number of aliphatic carboxylic acids is 1. The molecule has 2 rings (SSSR count). The summed E-state index contributed by atoms with van der Waals surface area (Å²) >= 11 is 0. The van der Waals surface area contributed by atoms with Gasteiger partial charge in [-0.1, -0.05) is 0 Å². The van der Waals surface area contributed by atoms with Gasteiger partial charge in [-0.15, -0.1) is 0 Å². The highest BCUT2D eigenvalue weighted by molar-refractivity contribution is 5.70. The fraction of sp³-hybridized carbons (Fsp3) is 0.714. The largest absolute Gasteiger partial charge is 0.481 e. The van der Waals surface area contributed by atoms with Gasteiger partial charge in [-0.3, -0.25) is 9.48 Å². The number of aromatic nitrogens is 2. The molecule has 0 radical (unpaired) electrons. The van der Waals surface area contributed by atoms with Gasteiger partial charge in [0.2, 0.25) is 0 Å². The molecule has 1 aliphatic heterocycles. The predicted molar refractivity (Wildman–Crippen MR) is 71.2 cm³/mol. The van der Waals surface area contributed by atoms with Crippen molar-refractivity contribution < 1.29 is 14.6 Å². The highest BCUT2D eigenvalue weighted by Crippen LogP contribution is 2.19. The molecule has 0 amide bonds.